The Kier molecular flexibility index (Phi) is 707. The summed E-state index contributed by atoms with van der Waals surface area (Å²) in [6.45, 7) is 21.4. The minimum absolute atomic E-state index is 0.245. The van der Waals surface area contributed by atoms with Gasteiger partial charge in [-0.2, -0.15) is 0 Å². The molecule has 3 nitrogen and oxygen atoms in total. The topological polar surface area (TPSA) is 46.5 Å². The molecule has 0 bridgehead atoms. The number of rotatable bonds is 0. The van der Waals surface area contributed by atoms with E-state index in [1.54, 1.807) is 0 Å². The van der Waals surface area contributed by atoms with Gasteiger partial charge >= 0.3 is 5.97 Å². The Hall–Kier alpha value is -0.570. The van der Waals surface area contributed by atoms with E-state index < -0.39 is 0 Å². The molecule has 0 aliphatic rings. The number of methoxy groups -OCH3 is 1. The summed E-state index contributed by atoms with van der Waals surface area (Å²) < 4.78 is 4.11. The lowest BCUT2D eigenvalue weighted by atomic mass is 10.8. The van der Waals surface area contributed by atoms with Gasteiger partial charge in [-0.25, -0.2) is 0 Å². The monoisotopic (exact) mass is 256 g/mol. The average Bonchev–Trinajstić information content (AvgIpc) is 2.51. The number of aliphatic hydroxyl groups excluding tert-OH is 1. The summed E-state index contributed by atoms with van der Waals surface area (Å²) in [7, 11) is 2.35. The molecule has 0 aromatic carbocycles. The molecular weight excluding hydrogens is 216 g/mol. The van der Waals surface area contributed by atoms with Crippen molar-refractivity contribution in [3.05, 3.63) is 0 Å². The van der Waals surface area contributed by atoms with E-state index in [2.05, 4.69) is 4.74 Å². The number of esters is 1. The van der Waals surface area contributed by atoms with Crippen molar-refractivity contribution in [2.75, 3.05) is 14.2 Å². The third-order valence-electron chi connectivity index (χ3n) is 0.287. The van der Waals surface area contributed by atoms with Crippen LogP contribution in [-0.2, 0) is 9.53 Å². The molecule has 114 valence electrons. The van der Waals surface area contributed by atoms with Crippen LogP contribution in [0.5, 0.6) is 0 Å². The van der Waals surface area contributed by atoms with Crippen LogP contribution < -0.4 is 0 Å². The first-order chi connectivity index (χ1) is 8.27. The molecule has 0 fully saturated rings. The molecule has 0 amide bonds. The maximum Gasteiger partial charge on any atom is 0.302 e. The van der Waals surface area contributed by atoms with Crippen molar-refractivity contribution >= 4 is 5.97 Å². The highest BCUT2D eigenvalue weighted by Gasteiger charge is 1.75. The second kappa shape index (κ2) is 273. The molecule has 17 heavy (non-hydrogen) atoms. The van der Waals surface area contributed by atoms with Crippen LogP contribution in [0.3, 0.4) is 0 Å². The fourth-order valence-electron chi connectivity index (χ4n) is 0. The molecule has 0 saturated carbocycles. The molecule has 0 aromatic rings. The first-order valence-electron chi connectivity index (χ1n) is 6.76. The van der Waals surface area contributed by atoms with Gasteiger partial charge in [-0.3, -0.25) is 4.79 Å². The highest BCUT2D eigenvalue weighted by molar-refractivity contribution is 5.65. The zero-order valence-corrected chi connectivity index (χ0v) is 14.8. The summed E-state index contributed by atoms with van der Waals surface area (Å²) in [5.74, 6) is -0.245. The average molecular weight is 256 g/mol. The SMILES string of the molecule is CC.CC.CC.CC.CC.CO.COC(C)=O. The predicted molar refractivity (Wildman–Crippen MR) is 82.6 cm³/mol. The minimum atomic E-state index is -0.245. The zero-order chi connectivity index (χ0) is 16.3. The quantitative estimate of drug-likeness (QED) is 0.626. The molecular formula is C14H40O3. The van der Waals surface area contributed by atoms with Gasteiger partial charge in [0.05, 0.1) is 7.11 Å². The molecule has 0 heterocycles. The third-order valence-corrected chi connectivity index (χ3v) is 0.287. The summed E-state index contributed by atoms with van der Waals surface area (Å²) in [6, 6.07) is 0. The Morgan fingerprint density at radius 1 is 0.706 bits per heavy atom. The van der Waals surface area contributed by atoms with Crippen molar-refractivity contribution in [2.45, 2.75) is 76.2 Å². The van der Waals surface area contributed by atoms with Gasteiger partial charge in [-0.05, 0) is 0 Å². The second-order valence-electron chi connectivity index (χ2n) is 0.696. The molecule has 0 radical (unpaired) electrons. The highest BCUT2D eigenvalue weighted by atomic mass is 16.5. The largest absolute Gasteiger partial charge is 0.469 e. The van der Waals surface area contributed by atoms with Gasteiger partial charge in [0.15, 0.2) is 0 Å². The fraction of sp³-hybridized carbons (Fsp3) is 0.929. The van der Waals surface area contributed by atoms with Crippen molar-refractivity contribution in [2.24, 2.45) is 0 Å². The number of ether oxygens (including phenoxy) is 1. The third kappa shape index (κ3) is 1360. The van der Waals surface area contributed by atoms with Gasteiger partial charge in [0.25, 0.3) is 0 Å². The zero-order valence-electron chi connectivity index (χ0n) is 14.8. The van der Waals surface area contributed by atoms with Crippen LogP contribution in [-0.4, -0.2) is 25.3 Å². The summed E-state index contributed by atoms with van der Waals surface area (Å²) in [5.41, 5.74) is 0. The van der Waals surface area contributed by atoms with Crippen LogP contribution >= 0.6 is 0 Å². The van der Waals surface area contributed by atoms with Crippen molar-refractivity contribution in [1.29, 1.82) is 0 Å². The van der Waals surface area contributed by atoms with E-state index in [0.29, 0.717) is 0 Å². The van der Waals surface area contributed by atoms with Gasteiger partial charge in [0, 0.05) is 14.0 Å². The fourth-order valence-corrected chi connectivity index (χ4v) is 0. The van der Waals surface area contributed by atoms with Gasteiger partial charge in [-0.1, -0.05) is 69.2 Å². The van der Waals surface area contributed by atoms with Crippen LogP contribution in [0.1, 0.15) is 76.2 Å². The van der Waals surface area contributed by atoms with E-state index in [4.69, 9.17) is 5.11 Å². The summed E-state index contributed by atoms with van der Waals surface area (Å²) in [5, 5.41) is 7.00. The van der Waals surface area contributed by atoms with Crippen LogP contribution in [0.4, 0.5) is 0 Å². The van der Waals surface area contributed by atoms with Gasteiger partial charge in [-0.15, -0.1) is 0 Å². The number of hydrogen-bond acceptors (Lipinski definition) is 3. The standard InChI is InChI=1S/C3H6O2.5C2H6.CH4O/c1-3(4)5-2;6*1-2/h1-2H3;5*1-2H3;2H,1H3. The van der Waals surface area contributed by atoms with Crippen molar-refractivity contribution in [3.8, 4) is 0 Å². The van der Waals surface area contributed by atoms with E-state index >= 15 is 0 Å². The van der Waals surface area contributed by atoms with Gasteiger partial charge in [0.1, 0.15) is 0 Å². The summed E-state index contributed by atoms with van der Waals surface area (Å²) in [4.78, 5) is 9.59. The summed E-state index contributed by atoms with van der Waals surface area (Å²) >= 11 is 0. The molecule has 0 aliphatic heterocycles. The second-order valence-corrected chi connectivity index (χ2v) is 0.696. The van der Waals surface area contributed by atoms with E-state index in [1.165, 1.54) is 14.0 Å². The van der Waals surface area contributed by atoms with Crippen molar-refractivity contribution in [3.63, 3.8) is 0 Å². The Morgan fingerprint density at radius 3 is 0.765 bits per heavy atom. The van der Waals surface area contributed by atoms with Gasteiger partial charge in [0.2, 0.25) is 0 Å². The first-order valence-corrected chi connectivity index (χ1v) is 6.76. The number of hydrogen-bond donors (Lipinski definition) is 1. The molecule has 0 aliphatic carbocycles. The van der Waals surface area contributed by atoms with E-state index in [-0.39, 0.29) is 5.97 Å². The van der Waals surface area contributed by atoms with Crippen molar-refractivity contribution < 1.29 is 14.6 Å². The lowest BCUT2D eigenvalue weighted by molar-refractivity contribution is -0.137. The lowest BCUT2D eigenvalue weighted by Crippen LogP contribution is -1.88. The Balaban J connectivity index is -0.0000000147. The Bertz CT molecular complexity index is 46.7. The van der Waals surface area contributed by atoms with E-state index in [9.17, 15) is 4.79 Å². The number of carbonyl (C=O) groups is 1. The molecule has 0 rings (SSSR count). The van der Waals surface area contributed by atoms with Gasteiger partial charge < -0.3 is 9.84 Å². The molecule has 3 heteroatoms. The Labute approximate surface area is 112 Å². The maximum absolute atomic E-state index is 9.59. The van der Waals surface area contributed by atoms with E-state index in [1.807, 2.05) is 69.2 Å². The maximum atomic E-state index is 9.59. The smallest absolute Gasteiger partial charge is 0.302 e. The lowest BCUT2D eigenvalue weighted by Gasteiger charge is -1.80. The van der Waals surface area contributed by atoms with Crippen LogP contribution in [0.25, 0.3) is 0 Å². The minimum Gasteiger partial charge on any atom is -0.469 e. The first kappa shape index (κ1) is 44.0. The van der Waals surface area contributed by atoms with Crippen molar-refractivity contribution in [1.82, 2.24) is 0 Å². The molecule has 0 atom stereocenters. The molecule has 0 spiro atoms. The normalized spacial score (nSPS) is 4.12. The highest BCUT2D eigenvalue weighted by Crippen LogP contribution is 1.60. The molecule has 1 N–H and O–H groups in total. The molecule has 0 unspecified atom stereocenters. The Morgan fingerprint density at radius 2 is 0.765 bits per heavy atom. The van der Waals surface area contributed by atoms with Crippen LogP contribution in [0.15, 0.2) is 0 Å². The number of aliphatic hydroxyl groups is 1. The van der Waals surface area contributed by atoms with Crippen LogP contribution in [0, 0.1) is 0 Å². The molecule has 0 aromatic heterocycles. The summed E-state index contributed by atoms with van der Waals surface area (Å²) in [6.07, 6.45) is 0. The predicted octanol–water partition coefficient (Wildman–Crippen LogP) is 4.92. The number of carbonyl (C=O) groups excluding carboxylic acids is 1. The van der Waals surface area contributed by atoms with Crippen LogP contribution in [0.2, 0.25) is 0 Å². The van der Waals surface area contributed by atoms with E-state index in [0.717, 1.165) is 7.11 Å². The molecule has 0 saturated heterocycles.